The molecule has 0 aromatic heterocycles. The first kappa shape index (κ1) is 11.6. The molecular formula is C12H11N3O. The maximum atomic E-state index is 8.59. The van der Waals surface area contributed by atoms with Crippen LogP contribution in [0.3, 0.4) is 0 Å². The van der Waals surface area contributed by atoms with E-state index >= 15 is 0 Å². The third-order valence-electron chi connectivity index (χ3n) is 2.06. The molecule has 0 bridgehead atoms. The summed E-state index contributed by atoms with van der Waals surface area (Å²) in [5.74, 6) is 0.673. The highest BCUT2D eigenvalue weighted by Gasteiger charge is 2.04. The van der Waals surface area contributed by atoms with E-state index in [1.54, 1.807) is 19.2 Å². The Hall–Kier alpha value is -2.46. The van der Waals surface area contributed by atoms with Gasteiger partial charge in [-0.1, -0.05) is 12.1 Å². The van der Waals surface area contributed by atoms with Crippen molar-refractivity contribution in [2.75, 3.05) is 12.4 Å². The summed E-state index contributed by atoms with van der Waals surface area (Å²) in [6.07, 6.45) is 1.37. The molecule has 0 heterocycles. The molecule has 0 radical (unpaired) electrons. The largest absolute Gasteiger partial charge is 0.495 e. The molecule has 1 N–H and O–H groups in total. The quantitative estimate of drug-likeness (QED) is 0.782. The summed E-state index contributed by atoms with van der Waals surface area (Å²) in [5, 5.41) is 20.1. The molecule has 0 saturated carbocycles. The zero-order chi connectivity index (χ0) is 12.0. The van der Waals surface area contributed by atoms with Gasteiger partial charge in [-0.25, -0.2) is 0 Å². The first-order valence-corrected chi connectivity index (χ1v) is 4.63. The molecule has 0 fully saturated rings. The van der Waals surface area contributed by atoms with E-state index in [0.29, 0.717) is 5.75 Å². The summed E-state index contributed by atoms with van der Waals surface area (Å²) in [6, 6.07) is 9.15. The van der Waals surface area contributed by atoms with Crippen LogP contribution in [0.4, 0.5) is 5.69 Å². The van der Waals surface area contributed by atoms with Gasteiger partial charge in [0.2, 0.25) is 0 Å². The van der Waals surface area contributed by atoms with Crippen molar-refractivity contribution in [2.24, 2.45) is 0 Å². The number of benzene rings is 1. The van der Waals surface area contributed by atoms with Crippen LogP contribution in [0.1, 0.15) is 5.56 Å². The summed E-state index contributed by atoms with van der Waals surface area (Å²) in [6.45, 7) is 1.91. The molecular weight excluding hydrogens is 202 g/mol. The smallest absolute Gasteiger partial charge is 0.145 e. The molecule has 1 aromatic carbocycles. The van der Waals surface area contributed by atoms with Crippen molar-refractivity contribution in [3.63, 3.8) is 0 Å². The fourth-order valence-corrected chi connectivity index (χ4v) is 1.23. The molecule has 0 saturated heterocycles. The zero-order valence-corrected chi connectivity index (χ0v) is 9.11. The molecule has 0 aliphatic carbocycles. The molecule has 16 heavy (non-hydrogen) atoms. The van der Waals surface area contributed by atoms with Gasteiger partial charge in [0.25, 0.3) is 0 Å². The predicted molar refractivity (Wildman–Crippen MR) is 60.7 cm³/mol. The number of nitrogens with zero attached hydrogens (tertiary/aromatic N) is 2. The molecule has 4 heteroatoms. The summed E-state index contributed by atoms with van der Waals surface area (Å²) in [4.78, 5) is 0. The Bertz CT molecular complexity index is 476. The average Bonchev–Trinajstić information content (AvgIpc) is 2.31. The third-order valence-corrected chi connectivity index (χ3v) is 2.06. The Morgan fingerprint density at radius 1 is 1.38 bits per heavy atom. The van der Waals surface area contributed by atoms with Gasteiger partial charge in [-0.2, -0.15) is 10.5 Å². The lowest BCUT2D eigenvalue weighted by Crippen LogP contribution is -1.96. The van der Waals surface area contributed by atoms with Crippen molar-refractivity contribution in [1.29, 1.82) is 10.5 Å². The zero-order valence-electron chi connectivity index (χ0n) is 9.11. The predicted octanol–water partition coefficient (Wildman–Crippen LogP) is 2.35. The van der Waals surface area contributed by atoms with Crippen molar-refractivity contribution < 1.29 is 4.74 Å². The van der Waals surface area contributed by atoms with Gasteiger partial charge in [-0.15, -0.1) is 0 Å². The Morgan fingerprint density at radius 2 is 2.06 bits per heavy atom. The number of hydrogen-bond donors (Lipinski definition) is 1. The maximum Gasteiger partial charge on any atom is 0.145 e. The lowest BCUT2D eigenvalue weighted by atomic mass is 10.2. The lowest BCUT2D eigenvalue weighted by molar-refractivity contribution is 0.416. The second kappa shape index (κ2) is 5.43. The van der Waals surface area contributed by atoms with Crippen molar-refractivity contribution in [2.45, 2.75) is 6.92 Å². The van der Waals surface area contributed by atoms with Crippen LogP contribution in [0.5, 0.6) is 5.75 Å². The number of para-hydroxylation sites is 1. The summed E-state index contributed by atoms with van der Waals surface area (Å²) in [7, 11) is 1.57. The summed E-state index contributed by atoms with van der Waals surface area (Å²) in [5.41, 5.74) is 1.75. The number of aryl methyl sites for hydroxylation is 1. The minimum Gasteiger partial charge on any atom is -0.495 e. The number of allylic oxidation sites excluding steroid dienone is 1. The van der Waals surface area contributed by atoms with E-state index in [2.05, 4.69) is 5.32 Å². The van der Waals surface area contributed by atoms with Crippen molar-refractivity contribution >= 4 is 5.69 Å². The van der Waals surface area contributed by atoms with Crippen LogP contribution < -0.4 is 10.1 Å². The van der Waals surface area contributed by atoms with Crippen LogP contribution in [0, 0.1) is 29.6 Å². The number of methoxy groups -OCH3 is 1. The third kappa shape index (κ3) is 2.52. The summed E-state index contributed by atoms with van der Waals surface area (Å²) >= 11 is 0. The van der Waals surface area contributed by atoms with Gasteiger partial charge in [0, 0.05) is 6.20 Å². The summed E-state index contributed by atoms with van der Waals surface area (Å²) < 4.78 is 5.17. The Labute approximate surface area is 94.4 Å². The number of nitrogens with one attached hydrogen (secondary N) is 1. The number of nitriles is 2. The monoisotopic (exact) mass is 213 g/mol. The molecule has 4 nitrogen and oxygen atoms in total. The fourth-order valence-electron chi connectivity index (χ4n) is 1.23. The SMILES string of the molecule is COc1cccc(C)c1NC=C(C#N)C#N. The van der Waals surface area contributed by atoms with Crippen LogP contribution in [-0.2, 0) is 0 Å². The van der Waals surface area contributed by atoms with Gasteiger partial charge in [-0.3, -0.25) is 0 Å². The van der Waals surface area contributed by atoms with Gasteiger partial charge in [-0.05, 0) is 18.6 Å². The Morgan fingerprint density at radius 3 is 2.62 bits per heavy atom. The molecule has 0 aliphatic rings. The van der Waals surface area contributed by atoms with Crippen molar-refractivity contribution in [3.05, 3.63) is 35.5 Å². The highest BCUT2D eigenvalue weighted by Crippen LogP contribution is 2.27. The number of anilines is 1. The van der Waals surface area contributed by atoms with Crippen LogP contribution in [-0.4, -0.2) is 7.11 Å². The van der Waals surface area contributed by atoms with E-state index in [4.69, 9.17) is 15.3 Å². The van der Waals surface area contributed by atoms with Crippen LogP contribution in [0.2, 0.25) is 0 Å². The first-order valence-electron chi connectivity index (χ1n) is 4.63. The van der Waals surface area contributed by atoms with Gasteiger partial charge >= 0.3 is 0 Å². The van der Waals surface area contributed by atoms with E-state index in [1.807, 2.05) is 25.1 Å². The second-order valence-electron chi connectivity index (χ2n) is 3.08. The minimum atomic E-state index is 0.0188. The Kier molecular flexibility index (Phi) is 3.94. The van der Waals surface area contributed by atoms with E-state index in [0.717, 1.165) is 11.3 Å². The van der Waals surface area contributed by atoms with Crippen LogP contribution in [0.15, 0.2) is 30.0 Å². The lowest BCUT2D eigenvalue weighted by Gasteiger charge is -2.10. The molecule has 1 aromatic rings. The highest BCUT2D eigenvalue weighted by molar-refractivity contribution is 5.63. The molecule has 1 rings (SSSR count). The van der Waals surface area contributed by atoms with Gasteiger partial charge in [0.15, 0.2) is 0 Å². The maximum absolute atomic E-state index is 8.59. The van der Waals surface area contributed by atoms with E-state index < -0.39 is 0 Å². The van der Waals surface area contributed by atoms with Gasteiger partial charge in [0.05, 0.1) is 12.8 Å². The fraction of sp³-hybridized carbons (Fsp3) is 0.167. The molecule has 0 spiro atoms. The van der Waals surface area contributed by atoms with E-state index in [9.17, 15) is 0 Å². The topological polar surface area (TPSA) is 68.8 Å². The van der Waals surface area contributed by atoms with Crippen LogP contribution >= 0.6 is 0 Å². The van der Waals surface area contributed by atoms with E-state index in [1.165, 1.54) is 6.20 Å². The van der Waals surface area contributed by atoms with Gasteiger partial charge < -0.3 is 10.1 Å². The molecule has 0 unspecified atom stereocenters. The molecule has 80 valence electrons. The second-order valence-corrected chi connectivity index (χ2v) is 3.08. The molecule has 0 amide bonds. The highest BCUT2D eigenvalue weighted by atomic mass is 16.5. The average molecular weight is 213 g/mol. The number of ether oxygens (including phenoxy) is 1. The number of rotatable bonds is 3. The van der Waals surface area contributed by atoms with E-state index in [-0.39, 0.29) is 5.57 Å². The minimum absolute atomic E-state index is 0.0188. The van der Waals surface area contributed by atoms with Crippen LogP contribution in [0.25, 0.3) is 0 Å². The first-order chi connectivity index (χ1) is 7.72. The van der Waals surface area contributed by atoms with Crippen molar-refractivity contribution in [3.8, 4) is 17.9 Å². The molecule has 0 aliphatic heterocycles. The Balaban J connectivity index is 3.03. The van der Waals surface area contributed by atoms with Crippen molar-refractivity contribution in [1.82, 2.24) is 0 Å². The molecule has 0 atom stereocenters. The normalized spacial score (nSPS) is 8.50. The number of hydrogen-bond acceptors (Lipinski definition) is 4. The van der Waals surface area contributed by atoms with Gasteiger partial charge in [0.1, 0.15) is 23.5 Å². The standard InChI is InChI=1S/C12H11N3O/c1-9-4-3-5-11(16-2)12(9)15-8-10(6-13)7-14/h3-5,8,15H,1-2H3.